The summed E-state index contributed by atoms with van der Waals surface area (Å²) in [5, 5.41) is 4.05. The molecule has 0 spiro atoms. The Bertz CT molecular complexity index is 1490. The van der Waals surface area contributed by atoms with Crippen LogP contribution in [0.4, 0.5) is 11.5 Å². The Balaban J connectivity index is 1.60. The third-order valence-electron chi connectivity index (χ3n) is 5.18. The molecule has 0 unspecified atom stereocenters. The molecule has 11 heteroatoms. The number of benzene rings is 2. The summed E-state index contributed by atoms with van der Waals surface area (Å²) in [7, 11) is 0. The molecule has 0 aliphatic rings. The fourth-order valence-corrected chi connectivity index (χ4v) is 4.35. The van der Waals surface area contributed by atoms with Crippen molar-refractivity contribution in [1.82, 2.24) is 14.1 Å². The molecule has 4 aromatic rings. The van der Waals surface area contributed by atoms with Gasteiger partial charge in [0.25, 0.3) is 16.7 Å². The largest absolute Gasteiger partial charge is 0.431 e. The topological polar surface area (TPSA) is 121 Å². The van der Waals surface area contributed by atoms with Gasteiger partial charge in [-0.25, -0.2) is 9.78 Å². The van der Waals surface area contributed by atoms with Gasteiger partial charge >= 0.3 is 5.69 Å². The molecule has 0 bridgehead atoms. The van der Waals surface area contributed by atoms with E-state index < -0.39 is 17.2 Å². The molecule has 2 heterocycles. The lowest BCUT2D eigenvalue weighted by Crippen LogP contribution is -2.40. The Hall–Kier alpha value is -3.89. The predicted octanol–water partition coefficient (Wildman–Crippen LogP) is 4.13. The number of anilines is 2. The molecule has 0 saturated carbocycles. The second-order valence-electron chi connectivity index (χ2n) is 7.62. The van der Waals surface area contributed by atoms with Crippen LogP contribution in [0, 0.1) is 6.92 Å². The number of nitrogens with one attached hydrogen (secondary N) is 1. The summed E-state index contributed by atoms with van der Waals surface area (Å²) in [5.41, 5.74) is 6.54. The minimum absolute atomic E-state index is 0.255. The summed E-state index contributed by atoms with van der Waals surface area (Å²) in [5.74, 6) is 0.305. The zero-order valence-electron chi connectivity index (χ0n) is 18.9. The van der Waals surface area contributed by atoms with Gasteiger partial charge in [0.1, 0.15) is 16.4 Å². The lowest BCUT2D eigenvalue weighted by molar-refractivity contribution is 0.100. The Morgan fingerprint density at radius 2 is 1.80 bits per heavy atom. The van der Waals surface area contributed by atoms with E-state index in [4.69, 9.17) is 22.1 Å². The van der Waals surface area contributed by atoms with Crippen LogP contribution in [0.1, 0.15) is 27.9 Å². The van der Waals surface area contributed by atoms with Gasteiger partial charge in [0.15, 0.2) is 0 Å². The number of carbonyl (C=O) groups is 1. The lowest BCUT2D eigenvalue weighted by atomic mass is 10.2. The molecule has 0 saturated heterocycles. The summed E-state index contributed by atoms with van der Waals surface area (Å²) in [6, 6.07) is 15.5. The number of ether oxygens (including phenoxy) is 1. The fraction of sp³-hybridized carbons (Fsp3) is 0.167. The first-order valence-corrected chi connectivity index (χ1v) is 11.9. The van der Waals surface area contributed by atoms with E-state index in [0.717, 1.165) is 16.9 Å². The SMILES string of the molecule is CCn1c(=O)cc(Nc2ccc(Oc3nc(C)c(C(N)=O)s3)cc2)n(Cc2ccc(Cl)cc2)c1=O. The molecule has 0 atom stereocenters. The molecule has 180 valence electrons. The minimum atomic E-state index is -0.552. The van der Waals surface area contributed by atoms with Crippen molar-refractivity contribution in [2.45, 2.75) is 26.9 Å². The summed E-state index contributed by atoms with van der Waals surface area (Å²) in [4.78, 5) is 41.5. The van der Waals surface area contributed by atoms with E-state index in [9.17, 15) is 14.4 Å². The van der Waals surface area contributed by atoms with Crippen molar-refractivity contribution in [3.63, 3.8) is 0 Å². The van der Waals surface area contributed by atoms with Crippen LogP contribution in [-0.4, -0.2) is 20.0 Å². The van der Waals surface area contributed by atoms with Crippen molar-refractivity contribution < 1.29 is 9.53 Å². The van der Waals surface area contributed by atoms with Gasteiger partial charge in [-0.2, -0.15) is 0 Å². The van der Waals surface area contributed by atoms with Gasteiger partial charge < -0.3 is 15.8 Å². The third-order valence-corrected chi connectivity index (χ3v) is 6.48. The Labute approximate surface area is 209 Å². The van der Waals surface area contributed by atoms with Crippen LogP contribution < -0.4 is 27.0 Å². The van der Waals surface area contributed by atoms with Crippen LogP contribution >= 0.6 is 22.9 Å². The first kappa shape index (κ1) is 24.2. The first-order valence-electron chi connectivity index (χ1n) is 10.7. The number of nitrogens with zero attached hydrogens (tertiary/aromatic N) is 3. The van der Waals surface area contributed by atoms with E-state index in [0.29, 0.717) is 38.0 Å². The quantitative estimate of drug-likeness (QED) is 0.367. The number of primary amides is 1. The van der Waals surface area contributed by atoms with Gasteiger partial charge in [-0.1, -0.05) is 35.1 Å². The average Bonchev–Trinajstić information content (AvgIpc) is 3.19. The van der Waals surface area contributed by atoms with Crippen molar-refractivity contribution in [2.24, 2.45) is 5.73 Å². The van der Waals surface area contributed by atoms with Crippen molar-refractivity contribution in [3.05, 3.63) is 96.6 Å². The normalized spacial score (nSPS) is 10.8. The number of thiazole rings is 1. The molecule has 0 aliphatic heterocycles. The summed E-state index contributed by atoms with van der Waals surface area (Å²) in [6.45, 7) is 3.95. The molecular weight excluding hydrogens is 490 g/mol. The van der Waals surface area contributed by atoms with Gasteiger partial charge in [0.2, 0.25) is 0 Å². The van der Waals surface area contributed by atoms with E-state index in [1.807, 2.05) is 12.1 Å². The number of carbonyl (C=O) groups excluding carboxylic acids is 1. The van der Waals surface area contributed by atoms with Crippen molar-refractivity contribution in [2.75, 3.05) is 5.32 Å². The van der Waals surface area contributed by atoms with Gasteiger partial charge in [0.05, 0.1) is 12.2 Å². The van der Waals surface area contributed by atoms with Crippen LogP contribution in [0.15, 0.2) is 64.2 Å². The molecule has 2 aromatic carbocycles. The number of halogens is 1. The molecule has 0 radical (unpaired) electrons. The number of aromatic nitrogens is 3. The second kappa shape index (κ2) is 10.2. The van der Waals surface area contributed by atoms with Crippen LogP contribution in [0.2, 0.25) is 5.02 Å². The average molecular weight is 512 g/mol. The van der Waals surface area contributed by atoms with Gasteiger partial charge in [0, 0.05) is 23.3 Å². The minimum Gasteiger partial charge on any atom is -0.431 e. The van der Waals surface area contributed by atoms with E-state index >= 15 is 0 Å². The van der Waals surface area contributed by atoms with Gasteiger partial charge in [-0.05, 0) is 55.8 Å². The van der Waals surface area contributed by atoms with E-state index in [2.05, 4.69) is 10.3 Å². The third kappa shape index (κ3) is 5.44. The summed E-state index contributed by atoms with van der Waals surface area (Å²) < 4.78 is 8.41. The van der Waals surface area contributed by atoms with Crippen LogP contribution in [-0.2, 0) is 13.1 Å². The van der Waals surface area contributed by atoms with Gasteiger partial charge in [-0.3, -0.25) is 18.7 Å². The molecule has 3 N–H and O–H groups in total. The van der Waals surface area contributed by atoms with Crippen LogP contribution in [0.5, 0.6) is 10.9 Å². The number of amides is 1. The Morgan fingerprint density at radius 1 is 1.11 bits per heavy atom. The number of nitrogens with two attached hydrogens (primary N) is 1. The van der Waals surface area contributed by atoms with Crippen LogP contribution in [0.3, 0.4) is 0 Å². The van der Waals surface area contributed by atoms with Crippen molar-refractivity contribution >= 4 is 40.4 Å². The van der Waals surface area contributed by atoms with Crippen molar-refractivity contribution in [1.29, 1.82) is 0 Å². The molecule has 4 rings (SSSR count). The highest BCUT2D eigenvalue weighted by atomic mass is 35.5. The highest BCUT2D eigenvalue weighted by molar-refractivity contribution is 7.15. The zero-order valence-corrected chi connectivity index (χ0v) is 20.5. The monoisotopic (exact) mass is 511 g/mol. The maximum absolute atomic E-state index is 13.0. The summed E-state index contributed by atoms with van der Waals surface area (Å²) >= 11 is 7.05. The molecule has 9 nitrogen and oxygen atoms in total. The standard InChI is InChI=1S/C24H22ClN5O4S/c1-3-29-20(31)12-19(30(24(29)33)13-15-4-6-16(25)7-5-15)28-17-8-10-18(11-9-17)34-23-27-14(2)21(35-23)22(26)32/h4-12,28H,3,13H2,1-2H3,(H2,26,32). The Morgan fingerprint density at radius 3 is 2.40 bits per heavy atom. The maximum Gasteiger partial charge on any atom is 0.332 e. The predicted molar refractivity (Wildman–Crippen MR) is 136 cm³/mol. The highest BCUT2D eigenvalue weighted by Crippen LogP contribution is 2.30. The van der Waals surface area contributed by atoms with Crippen LogP contribution in [0.25, 0.3) is 0 Å². The number of aryl methyl sites for hydroxylation is 1. The molecule has 0 fully saturated rings. The van der Waals surface area contributed by atoms with Gasteiger partial charge in [-0.15, -0.1) is 0 Å². The zero-order chi connectivity index (χ0) is 25.1. The smallest absolute Gasteiger partial charge is 0.332 e. The van der Waals surface area contributed by atoms with E-state index in [-0.39, 0.29) is 13.1 Å². The number of hydrogen-bond acceptors (Lipinski definition) is 7. The second-order valence-corrected chi connectivity index (χ2v) is 9.02. The first-order chi connectivity index (χ1) is 16.7. The number of hydrogen-bond donors (Lipinski definition) is 2. The molecule has 35 heavy (non-hydrogen) atoms. The van der Waals surface area contributed by atoms with E-state index in [1.165, 1.54) is 15.2 Å². The van der Waals surface area contributed by atoms with E-state index in [1.54, 1.807) is 50.2 Å². The molecule has 1 amide bonds. The lowest BCUT2D eigenvalue weighted by Gasteiger charge is -2.16. The Kier molecular flexibility index (Phi) is 7.04. The molecular formula is C24H22ClN5O4S. The highest BCUT2D eigenvalue weighted by Gasteiger charge is 2.15. The molecule has 0 aliphatic carbocycles. The molecule has 2 aromatic heterocycles. The maximum atomic E-state index is 13.0. The van der Waals surface area contributed by atoms with Crippen molar-refractivity contribution in [3.8, 4) is 10.9 Å². The summed E-state index contributed by atoms with van der Waals surface area (Å²) in [6.07, 6.45) is 0. The number of rotatable bonds is 8. The fourth-order valence-electron chi connectivity index (χ4n) is 3.43.